The Kier molecular flexibility index (Phi) is 6.52. The van der Waals surface area contributed by atoms with Gasteiger partial charge in [0.2, 0.25) is 5.88 Å². The molecule has 1 saturated heterocycles. The third-order valence-electron chi connectivity index (χ3n) is 7.81. The summed E-state index contributed by atoms with van der Waals surface area (Å²) in [7, 11) is 0. The third kappa shape index (κ3) is 4.91. The summed E-state index contributed by atoms with van der Waals surface area (Å²) >= 11 is 0. The minimum Gasteiger partial charge on any atom is -0.474 e. The first-order valence-corrected chi connectivity index (χ1v) is 13.6. The first-order valence-electron chi connectivity index (χ1n) is 13.6. The van der Waals surface area contributed by atoms with Crippen LogP contribution in [0.2, 0.25) is 0 Å². The van der Waals surface area contributed by atoms with Gasteiger partial charge in [-0.15, -0.1) is 0 Å². The lowest BCUT2D eigenvalue weighted by atomic mass is 9.82. The van der Waals surface area contributed by atoms with E-state index in [1.54, 1.807) is 6.33 Å². The molecule has 9 nitrogen and oxygen atoms in total. The molecular weight excluding hydrogens is 468 g/mol. The molecule has 6 rings (SSSR count). The Morgan fingerprint density at radius 2 is 1.89 bits per heavy atom. The van der Waals surface area contributed by atoms with Gasteiger partial charge in [-0.3, -0.25) is 4.79 Å². The van der Waals surface area contributed by atoms with Crippen molar-refractivity contribution >= 4 is 23.3 Å². The van der Waals surface area contributed by atoms with Gasteiger partial charge in [0.15, 0.2) is 5.82 Å². The highest BCUT2D eigenvalue weighted by Gasteiger charge is 2.28. The molecule has 0 N–H and O–H groups in total. The summed E-state index contributed by atoms with van der Waals surface area (Å²) in [6.07, 6.45) is 8.17. The van der Waals surface area contributed by atoms with Crippen LogP contribution in [0.3, 0.4) is 0 Å². The van der Waals surface area contributed by atoms with E-state index in [1.807, 2.05) is 6.07 Å². The zero-order valence-corrected chi connectivity index (χ0v) is 21.6. The van der Waals surface area contributed by atoms with Gasteiger partial charge in [0.25, 0.3) is 0 Å². The minimum atomic E-state index is 0.0654. The molecule has 1 unspecified atom stereocenters. The van der Waals surface area contributed by atoms with Gasteiger partial charge >= 0.3 is 6.01 Å². The number of carbonyl (C=O) groups excluding carboxylic acids is 1. The van der Waals surface area contributed by atoms with E-state index in [2.05, 4.69) is 62.0 Å². The number of piperidine rings is 1. The predicted molar refractivity (Wildman–Crippen MR) is 140 cm³/mol. The normalized spacial score (nSPS) is 20.5. The van der Waals surface area contributed by atoms with Crippen LogP contribution in [-0.4, -0.2) is 51.6 Å². The summed E-state index contributed by atoms with van der Waals surface area (Å²) in [6, 6.07) is 9.05. The van der Waals surface area contributed by atoms with E-state index in [-0.39, 0.29) is 17.9 Å². The molecule has 0 bridgehead atoms. The molecule has 37 heavy (non-hydrogen) atoms. The van der Waals surface area contributed by atoms with Gasteiger partial charge in [0.05, 0.1) is 0 Å². The average Bonchev–Trinajstić information content (AvgIpc) is 3.57. The highest BCUT2D eigenvalue weighted by molar-refractivity contribution is 5.86. The van der Waals surface area contributed by atoms with Crippen LogP contribution in [0.4, 0.5) is 17.5 Å². The largest absolute Gasteiger partial charge is 0.474 e. The highest BCUT2D eigenvalue weighted by Crippen LogP contribution is 2.38. The molecule has 2 aromatic heterocycles. The molecule has 2 fully saturated rings. The van der Waals surface area contributed by atoms with Gasteiger partial charge in [-0.25, -0.2) is 9.97 Å². The van der Waals surface area contributed by atoms with Crippen molar-refractivity contribution in [3.05, 3.63) is 47.5 Å². The molecule has 1 aliphatic carbocycles. The maximum atomic E-state index is 12.4. The lowest BCUT2D eigenvalue weighted by molar-refractivity contribution is -0.121. The van der Waals surface area contributed by atoms with Crippen LogP contribution >= 0.6 is 0 Å². The fourth-order valence-electron chi connectivity index (χ4n) is 5.68. The van der Waals surface area contributed by atoms with Crippen LogP contribution in [0.5, 0.6) is 5.88 Å². The number of nitrogens with zero attached hydrogens (tertiary/aromatic N) is 6. The standard InChI is InChI=1S/C28H34N6O3/c1-18(2)27-31-28(37-32-27)33-12-10-21(11-13-33)36-26-16-25(29-17-30-26)34-14-9-20-15-19(7-8-23(20)34)22-5-3-4-6-24(22)35/h7-8,15-18,21-22H,3-6,9-14H2,1-2H3. The summed E-state index contributed by atoms with van der Waals surface area (Å²) in [6.45, 7) is 6.57. The summed E-state index contributed by atoms with van der Waals surface area (Å²) in [5.74, 6) is 2.88. The van der Waals surface area contributed by atoms with Crippen LogP contribution in [0, 0.1) is 0 Å². The van der Waals surface area contributed by atoms with E-state index in [9.17, 15) is 4.79 Å². The topological polar surface area (TPSA) is 97.5 Å². The number of aromatic nitrogens is 4. The van der Waals surface area contributed by atoms with Crippen molar-refractivity contribution in [1.82, 2.24) is 20.1 Å². The number of rotatable bonds is 6. The Balaban J connectivity index is 1.10. The van der Waals surface area contributed by atoms with Gasteiger partial charge in [-0.1, -0.05) is 37.6 Å². The first-order chi connectivity index (χ1) is 18.0. The summed E-state index contributed by atoms with van der Waals surface area (Å²) < 4.78 is 11.7. The number of benzene rings is 1. The number of fused-ring (bicyclic) bond motifs is 1. The molecule has 4 heterocycles. The van der Waals surface area contributed by atoms with Crippen molar-refractivity contribution in [2.75, 3.05) is 29.4 Å². The van der Waals surface area contributed by atoms with Gasteiger partial charge < -0.3 is 19.1 Å². The van der Waals surface area contributed by atoms with E-state index in [0.717, 1.165) is 75.5 Å². The smallest absolute Gasteiger partial charge is 0.324 e. The summed E-state index contributed by atoms with van der Waals surface area (Å²) in [5.41, 5.74) is 3.61. The van der Waals surface area contributed by atoms with E-state index in [4.69, 9.17) is 9.26 Å². The maximum Gasteiger partial charge on any atom is 0.324 e. The molecular formula is C28H34N6O3. The van der Waals surface area contributed by atoms with E-state index >= 15 is 0 Å². The fourth-order valence-corrected chi connectivity index (χ4v) is 5.68. The molecule has 9 heteroatoms. The number of Topliss-reactive ketones (excluding diaryl/α,β-unsaturated/α-hetero) is 1. The van der Waals surface area contributed by atoms with Crippen molar-refractivity contribution in [2.45, 2.75) is 76.7 Å². The Morgan fingerprint density at radius 3 is 2.68 bits per heavy atom. The van der Waals surface area contributed by atoms with Crippen LogP contribution in [0.1, 0.15) is 81.2 Å². The van der Waals surface area contributed by atoms with E-state index in [1.165, 1.54) is 11.1 Å². The number of hydrogen-bond acceptors (Lipinski definition) is 9. The maximum absolute atomic E-state index is 12.4. The second kappa shape index (κ2) is 10.1. The zero-order chi connectivity index (χ0) is 25.4. The van der Waals surface area contributed by atoms with Gasteiger partial charge in [-0.2, -0.15) is 4.98 Å². The minimum absolute atomic E-state index is 0.0654. The third-order valence-corrected chi connectivity index (χ3v) is 7.81. The van der Waals surface area contributed by atoms with Crippen LogP contribution in [-0.2, 0) is 11.2 Å². The molecule has 3 aromatic rings. The van der Waals surface area contributed by atoms with Crippen LogP contribution < -0.4 is 14.5 Å². The quantitative estimate of drug-likeness (QED) is 0.464. The monoisotopic (exact) mass is 502 g/mol. The molecule has 0 amide bonds. The van der Waals surface area contributed by atoms with Gasteiger partial charge in [0.1, 0.15) is 24.0 Å². The molecule has 1 saturated carbocycles. The highest BCUT2D eigenvalue weighted by atomic mass is 16.5. The van der Waals surface area contributed by atoms with Crippen molar-refractivity contribution < 1.29 is 14.1 Å². The molecule has 2 aliphatic heterocycles. The molecule has 3 aliphatic rings. The lowest BCUT2D eigenvalue weighted by Gasteiger charge is -2.30. The fraction of sp³-hybridized carbons (Fsp3) is 0.536. The molecule has 0 spiro atoms. The van der Waals surface area contributed by atoms with Crippen molar-refractivity contribution in [2.24, 2.45) is 0 Å². The summed E-state index contributed by atoms with van der Waals surface area (Å²) in [4.78, 5) is 30.3. The van der Waals surface area contributed by atoms with Crippen LogP contribution in [0.25, 0.3) is 0 Å². The van der Waals surface area contributed by atoms with E-state index in [0.29, 0.717) is 24.1 Å². The number of anilines is 3. The Bertz CT molecular complexity index is 1270. The first kappa shape index (κ1) is 23.9. The molecule has 194 valence electrons. The SMILES string of the molecule is CC(C)c1noc(N2CCC(Oc3cc(N4CCc5cc(C6CCCCC6=O)ccc54)ncn3)CC2)n1. The van der Waals surface area contributed by atoms with E-state index < -0.39 is 0 Å². The zero-order valence-electron chi connectivity index (χ0n) is 21.6. The van der Waals surface area contributed by atoms with Crippen LogP contribution in [0.15, 0.2) is 35.1 Å². The van der Waals surface area contributed by atoms with Crippen molar-refractivity contribution in [1.29, 1.82) is 0 Å². The molecule has 1 aromatic carbocycles. The number of ether oxygens (including phenoxy) is 1. The summed E-state index contributed by atoms with van der Waals surface area (Å²) in [5, 5.41) is 4.08. The Hall–Kier alpha value is -3.49. The predicted octanol–water partition coefficient (Wildman–Crippen LogP) is 4.95. The van der Waals surface area contributed by atoms with Crippen molar-refractivity contribution in [3.8, 4) is 5.88 Å². The second-order valence-electron chi connectivity index (χ2n) is 10.7. The average molecular weight is 503 g/mol. The van der Waals surface area contributed by atoms with Gasteiger partial charge in [0, 0.05) is 62.5 Å². The lowest BCUT2D eigenvalue weighted by Crippen LogP contribution is -2.38. The molecule has 1 atom stereocenters. The second-order valence-corrected chi connectivity index (χ2v) is 10.7. The number of carbonyl (C=O) groups is 1. The van der Waals surface area contributed by atoms with Crippen molar-refractivity contribution in [3.63, 3.8) is 0 Å². The van der Waals surface area contributed by atoms with Gasteiger partial charge in [-0.05, 0) is 36.5 Å². The number of ketones is 1. The number of hydrogen-bond donors (Lipinski definition) is 0. The molecule has 0 radical (unpaired) electrons. The Morgan fingerprint density at radius 1 is 1.03 bits per heavy atom. The Labute approximate surface area is 217 Å².